The van der Waals surface area contributed by atoms with Crippen LogP contribution < -0.4 is 5.32 Å². The van der Waals surface area contributed by atoms with E-state index in [0.29, 0.717) is 17.3 Å². The van der Waals surface area contributed by atoms with Crippen molar-refractivity contribution in [3.63, 3.8) is 0 Å². The number of hydrogen-bond donors (Lipinski definition) is 1. The Balaban J connectivity index is 1.66. The third-order valence-corrected chi connectivity index (χ3v) is 5.56. The summed E-state index contributed by atoms with van der Waals surface area (Å²) in [6.07, 6.45) is 1.27. The molecule has 1 atom stereocenters. The summed E-state index contributed by atoms with van der Waals surface area (Å²) in [5.74, 6) is 0.917. The second kappa shape index (κ2) is 7.98. The molecule has 1 aromatic heterocycles. The molecule has 0 fully saturated rings. The number of carbonyl (C=O) groups excluding carboxylic acids is 1. The summed E-state index contributed by atoms with van der Waals surface area (Å²) in [6, 6.07) is 15.7. The average molecular weight is 398 g/mol. The van der Waals surface area contributed by atoms with Gasteiger partial charge in [-0.15, -0.1) is 0 Å². The van der Waals surface area contributed by atoms with Gasteiger partial charge in [-0.1, -0.05) is 30.3 Å². The molecular weight excluding hydrogens is 376 g/mol. The van der Waals surface area contributed by atoms with Crippen LogP contribution in [0.15, 0.2) is 63.9 Å². The summed E-state index contributed by atoms with van der Waals surface area (Å²) in [7, 11) is -3.24. The third-order valence-electron chi connectivity index (χ3n) is 4.43. The first-order valence-electron chi connectivity index (χ1n) is 8.85. The van der Waals surface area contributed by atoms with Gasteiger partial charge in [0.05, 0.1) is 23.1 Å². The van der Waals surface area contributed by atoms with Crippen LogP contribution in [0.25, 0.3) is 11.5 Å². The lowest BCUT2D eigenvalue weighted by molar-refractivity contribution is -0.121. The van der Waals surface area contributed by atoms with Crippen molar-refractivity contribution in [1.82, 2.24) is 10.3 Å². The van der Waals surface area contributed by atoms with Crippen LogP contribution in [0.1, 0.15) is 30.0 Å². The van der Waals surface area contributed by atoms with Gasteiger partial charge in [0.15, 0.2) is 9.84 Å². The lowest BCUT2D eigenvalue weighted by Crippen LogP contribution is -2.28. The fourth-order valence-electron chi connectivity index (χ4n) is 2.83. The van der Waals surface area contributed by atoms with Crippen molar-refractivity contribution in [2.45, 2.75) is 31.2 Å². The number of rotatable bonds is 6. The van der Waals surface area contributed by atoms with Crippen molar-refractivity contribution in [1.29, 1.82) is 0 Å². The Morgan fingerprint density at radius 3 is 2.36 bits per heavy atom. The number of amides is 1. The smallest absolute Gasteiger partial charge is 0.226 e. The van der Waals surface area contributed by atoms with Crippen LogP contribution in [0.2, 0.25) is 0 Å². The van der Waals surface area contributed by atoms with Gasteiger partial charge in [-0.3, -0.25) is 4.79 Å². The molecule has 1 N–H and O–H groups in total. The Morgan fingerprint density at radius 2 is 1.75 bits per heavy atom. The minimum absolute atomic E-state index is 0.105. The molecule has 0 radical (unpaired) electrons. The van der Waals surface area contributed by atoms with Gasteiger partial charge < -0.3 is 9.73 Å². The first kappa shape index (κ1) is 19.8. The molecule has 3 aromatic rings. The van der Waals surface area contributed by atoms with E-state index in [-0.39, 0.29) is 23.3 Å². The highest BCUT2D eigenvalue weighted by molar-refractivity contribution is 7.90. The van der Waals surface area contributed by atoms with Gasteiger partial charge in [-0.2, -0.15) is 0 Å². The summed E-state index contributed by atoms with van der Waals surface area (Å²) in [6.45, 7) is 3.63. The maximum atomic E-state index is 12.4. The number of aryl methyl sites for hydroxylation is 1. The number of nitrogens with zero attached hydrogens (tertiary/aromatic N) is 1. The van der Waals surface area contributed by atoms with Gasteiger partial charge in [0.25, 0.3) is 0 Å². The van der Waals surface area contributed by atoms with Crippen LogP contribution in [0.5, 0.6) is 0 Å². The number of hydrogen-bond acceptors (Lipinski definition) is 5. The van der Waals surface area contributed by atoms with Crippen LogP contribution in [0, 0.1) is 6.92 Å². The van der Waals surface area contributed by atoms with Crippen molar-refractivity contribution in [3.05, 3.63) is 71.6 Å². The van der Waals surface area contributed by atoms with Crippen LogP contribution in [-0.2, 0) is 21.1 Å². The van der Waals surface area contributed by atoms with E-state index in [0.717, 1.165) is 17.4 Å². The molecule has 0 bridgehead atoms. The monoisotopic (exact) mass is 398 g/mol. The fraction of sp³-hybridized carbons (Fsp3) is 0.238. The first-order valence-corrected chi connectivity index (χ1v) is 10.7. The van der Waals surface area contributed by atoms with Crippen LogP contribution in [0.4, 0.5) is 0 Å². The molecule has 2 aromatic carbocycles. The predicted molar refractivity (Wildman–Crippen MR) is 106 cm³/mol. The molecule has 0 aliphatic heterocycles. The van der Waals surface area contributed by atoms with E-state index in [1.54, 1.807) is 31.2 Å². The fourth-order valence-corrected chi connectivity index (χ4v) is 3.46. The molecule has 1 unspecified atom stereocenters. The molecule has 0 saturated heterocycles. The lowest BCUT2D eigenvalue weighted by Gasteiger charge is -2.14. The zero-order chi connectivity index (χ0) is 20.3. The number of aromatic nitrogens is 1. The largest absolute Gasteiger partial charge is 0.441 e. The van der Waals surface area contributed by atoms with Crippen molar-refractivity contribution in [2.75, 3.05) is 6.26 Å². The van der Waals surface area contributed by atoms with E-state index in [1.807, 2.05) is 37.3 Å². The number of nitrogens with one attached hydrogen (secondary N) is 1. The van der Waals surface area contributed by atoms with E-state index in [9.17, 15) is 13.2 Å². The molecule has 1 heterocycles. The normalized spacial score (nSPS) is 12.5. The summed E-state index contributed by atoms with van der Waals surface area (Å²) in [4.78, 5) is 17.1. The standard InChI is InChI=1S/C21H22N2O4S/c1-14(16-9-11-18(12-10-16)28(3,25)26)22-20(24)13-19-15(2)27-21(23-19)17-7-5-4-6-8-17/h4-12,14H,13H2,1-3H3,(H,22,24). The number of carbonyl (C=O) groups is 1. The molecule has 0 spiro atoms. The molecule has 7 heteroatoms. The number of benzene rings is 2. The van der Waals surface area contributed by atoms with E-state index in [2.05, 4.69) is 10.3 Å². The predicted octanol–water partition coefficient (Wildman–Crippen LogP) is 3.47. The first-order chi connectivity index (χ1) is 13.2. The molecular formula is C21H22N2O4S. The van der Waals surface area contributed by atoms with E-state index in [4.69, 9.17) is 4.42 Å². The summed E-state index contributed by atoms with van der Waals surface area (Å²) < 4.78 is 28.8. The molecule has 1 amide bonds. The maximum Gasteiger partial charge on any atom is 0.226 e. The molecule has 146 valence electrons. The van der Waals surface area contributed by atoms with Gasteiger partial charge in [-0.05, 0) is 43.7 Å². The molecule has 0 aliphatic rings. The van der Waals surface area contributed by atoms with E-state index >= 15 is 0 Å². The average Bonchev–Trinajstić information content (AvgIpc) is 3.02. The van der Waals surface area contributed by atoms with E-state index < -0.39 is 9.84 Å². The van der Waals surface area contributed by atoms with Crippen molar-refractivity contribution in [2.24, 2.45) is 0 Å². The van der Waals surface area contributed by atoms with Crippen LogP contribution >= 0.6 is 0 Å². The Kier molecular flexibility index (Phi) is 5.65. The zero-order valence-electron chi connectivity index (χ0n) is 16.0. The van der Waals surface area contributed by atoms with Gasteiger partial charge in [0, 0.05) is 11.8 Å². The minimum atomic E-state index is -3.24. The van der Waals surface area contributed by atoms with Gasteiger partial charge in [0.2, 0.25) is 11.8 Å². The van der Waals surface area contributed by atoms with Crippen LogP contribution in [-0.4, -0.2) is 25.6 Å². The highest BCUT2D eigenvalue weighted by Gasteiger charge is 2.17. The summed E-state index contributed by atoms with van der Waals surface area (Å²) >= 11 is 0. The SMILES string of the molecule is Cc1oc(-c2ccccc2)nc1CC(=O)NC(C)c1ccc(S(C)(=O)=O)cc1. The highest BCUT2D eigenvalue weighted by atomic mass is 32.2. The van der Waals surface area contributed by atoms with Gasteiger partial charge >= 0.3 is 0 Å². The Hall–Kier alpha value is -2.93. The second-order valence-electron chi connectivity index (χ2n) is 6.70. The zero-order valence-corrected chi connectivity index (χ0v) is 16.8. The molecule has 0 aliphatic carbocycles. The Morgan fingerprint density at radius 1 is 1.11 bits per heavy atom. The van der Waals surface area contributed by atoms with Gasteiger partial charge in [-0.25, -0.2) is 13.4 Å². The summed E-state index contributed by atoms with van der Waals surface area (Å²) in [5, 5.41) is 2.91. The lowest BCUT2D eigenvalue weighted by atomic mass is 10.1. The maximum absolute atomic E-state index is 12.4. The Labute approximate surface area is 164 Å². The van der Waals surface area contributed by atoms with Crippen molar-refractivity contribution < 1.29 is 17.6 Å². The van der Waals surface area contributed by atoms with Crippen LogP contribution in [0.3, 0.4) is 0 Å². The van der Waals surface area contributed by atoms with E-state index in [1.165, 1.54) is 0 Å². The van der Waals surface area contributed by atoms with Crippen molar-refractivity contribution >= 4 is 15.7 Å². The molecule has 6 nitrogen and oxygen atoms in total. The third kappa shape index (κ3) is 4.67. The topological polar surface area (TPSA) is 89.3 Å². The molecule has 3 rings (SSSR count). The molecule has 28 heavy (non-hydrogen) atoms. The Bertz CT molecular complexity index is 1070. The quantitative estimate of drug-likeness (QED) is 0.687. The van der Waals surface area contributed by atoms with Crippen molar-refractivity contribution in [3.8, 4) is 11.5 Å². The number of sulfone groups is 1. The number of oxazole rings is 1. The molecule has 0 saturated carbocycles. The highest BCUT2D eigenvalue weighted by Crippen LogP contribution is 2.22. The minimum Gasteiger partial charge on any atom is -0.441 e. The summed E-state index contributed by atoms with van der Waals surface area (Å²) in [5.41, 5.74) is 2.27. The second-order valence-corrected chi connectivity index (χ2v) is 8.71. The van der Waals surface area contributed by atoms with Gasteiger partial charge in [0.1, 0.15) is 5.76 Å².